The molecule has 1 aromatic heterocycles. The summed E-state index contributed by atoms with van der Waals surface area (Å²) in [4.78, 5) is 12.9. The molecule has 2 amide bonds. The summed E-state index contributed by atoms with van der Waals surface area (Å²) in [6, 6.07) is 1.58. The van der Waals surface area contributed by atoms with Crippen LogP contribution < -0.4 is 20.5 Å². The molecule has 2 aromatic rings. The van der Waals surface area contributed by atoms with Crippen molar-refractivity contribution in [2.24, 2.45) is 9.50 Å². The van der Waals surface area contributed by atoms with Crippen molar-refractivity contribution >= 4 is 27.8 Å². The molecule has 2 heterocycles. The van der Waals surface area contributed by atoms with Crippen molar-refractivity contribution in [1.29, 1.82) is 0 Å². The third-order valence-corrected chi connectivity index (χ3v) is 7.27. The molecule has 0 fully saturated rings. The Hall–Kier alpha value is -2.85. The fourth-order valence-electron chi connectivity index (χ4n) is 4.50. The van der Waals surface area contributed by atoms with Gasteiger partial charge in [0.2, 0.25) is 5.88 Å². The van der Waals surface area contributed by atoms with Crippen LogP contribution in [0.3, 0.4) is 0 Å². The van der Waals surface area contributed by atoms with Crippen LogP contribution in [0.2, 0.25) is 0 Å². The number of ether oxygens (including phenoxy) is 1. The second-order valence-corrected chi connectivity index (χ2v) is 9.54. The number of hydrogen-bond donors (Lipinski definition) is 3. The van der Waals surface area contributed by atoms with E-state index in [0.29, 0.717) is 0 Å². The lowest BCUT2D eigenvalue weighted by molar-refractivity contribution is 0.260. The highest BCUT2D eigenvalue weighted by Crippen LogP contribution is 2.38. The maximum Gasteiger partial charge on any atom is 0.354 e. The molecule has 0 radical (unpaired) electrons. The van der Waals surface area contributed by atoms with E-state index in [-0.39, 0.29) is 17.4 Å². The second kappa shape index (κ2) is 7.13. The molecular weight excluding hydrogens is 404 g/mol. The third kappa shape index (κ3) is 3.16. The number of amides is 2. The predicted molar refractivity (Wildman–Crippen MR) is 114 cm³/mol. The number of aromatic nitrogens is 2. The van der Waals surface area contributed by atoms with Gasteiger partial charge in [-0.2, -0.15) is 5.10 Å². The number of anilines is 1. The molecule has 158 valence electrons. The maximum atomic E-state index is 13.1. The van der Waals surface area contributed by atoms with Gasteiger partial charge in [0, 0.05) is 12.7 Å². The van der Waals surface area contributed by atoms with Crippen LogP contribution in [0.25, 0.3) is 6.20 Å². The van der Waals surface area contributed by atoms with Crippen LogP contribution >= 0.6 is 0 Å². The molecule has 5 rings (SSSR count). The van der Waals surface area contributed by atoms with Crippen LogP contribution in [0.5, 0.6) is 5.88 Å². The zero-order valence-corrected chi connectivity index (χ0v) is 17.6. The van der Waals surface area contributed by atoms with E-state index in [2.05, 4.69) is 26.2 Å². The molecular formula is C20H24N6O3S. The molecule has 10 heteroatoms. The van der Waals surface area contributed by atoms with Gasteiger partial charge in [-0.25, -0.2) is 18.8 Å². The smallest absolute Gasteiger partial charge is 0.354 e. The topological polar surface area (TPSA) is 124 Å². The van der Waals surface area contributed by atoms with E-state index in [1.54, 1.807) is 13.2 Å². The minimum Gasteiger partial charge on any atom is -0.470 e. The van der Waals surface area contributed by atoms with Crippen LogP contribution in [0.4, 0.5) is 10.5 Å². The number of aryl methyl sites for hydroxylation is 2. The lowest BCUT2D eigenvalue weighted by Crippen LogP contribution is -2.22. The van der Waals surface area contributed by atoms with Gasteiger partial charge in [-0.05, 0) is 60.8 Å². The third-order valence-electron chi connectivity index (χ3n) is 5.92. The SMILES string of the molecule is CNC1=Cn2ncc(S(N)(=O)=NC(=O)Nc3c4c(cc5c3CCC5)CCC4)c2OC1. The summed E-state index contributed by atoms with van der Waals surface area (Å²) in [5.41, 5.74) is 6.60. The highest BCUT2D eigenvalue weighted by atomic mass is 32.2. The summed E-state index contributed by atoms with van der Waals surface area (Å²) in [6.45, 7) is 0.263. The number of hydrogen-bond acceptors (Lipinski definition) is 5. The van der Waals surface area contributed by atoms with E-state index in [0.717, 1.165) is 49.9 Å². The fraction of sp³-hybridized carbons (Fsp3) is 0.400. The summed E-state index contributed by atoms with van der Waals surface area (Å²) >= 11 is 0. The van der Waals surface area contributed by atoms with Crippen LogP contribution in [-0.4, -0.2) is 33.7 Å². The Morgan fingerprint density at radius 3 is 2.60 bits per heavy atom. The molecule has 30 heavy (non-hydrogen) atoms. The first-order valence-corrected chi connectivity index (χ1v) is 11.7. The summed E-state index contributed by atoms with van der Waals surface area (Å²) in [5, 5.41) is 16.0. The summed E-state index contributed by atoms with van der Waals surface area (Å²) < 4.78 is 24.0. The number of nitrogens with two attached hydrogens (primary N) is 1. The number of carbonyl (C=O) groups is 1. The first kappa shape index (κ1) is 19.1. The van der Waals surface area contributed by atoms with Gasteiger partial charge in [-0.1, -0.05) is 6.07 Å². The van der Waals surface area contributed by atoms with Crippen molar-refractivity contribution in [2.45, 2.75) is 43.4 Å². The zero-order valence-electron chi connectivity index (χ0n) is 16.7. The Morgan fingerprint density at radius 1 is 1.23 bits per heavy atom. The quantitative estimate of drug-likeness (QED) is 0.691. The largest absolute Gasteiger partial charge is 0.470 e. The highest BCUT2D eigenvalue weighted by molar-refractivity contribution is 7.91. The molecule has 2 aliphatic carbocycles. The molecule has 4 N–H and O–H groups in total. The van der Waals surface area contributed by atoms with Gasteiger partial charge in [0.25, 0.3) is 0 Å². The molecule has 1 unspecified atom stereocenters. The standard InChI is InChI=1S/C20H24N6O3S/c1-22-14-10-26-19(29-11-14)17(9-23-26)30(21,28)25-20(27)24-18-15-6-2-4-12(15)8-13-5-3-7-16(13)18/h8-10,22H,2-7,11H2,1H3,(H3,21,24,25,27,28). The van der Waals surface area contributed by atoms with E-state index in [1.807, 2.05) is 0 Å². The van der Waals surface area contributed by atoms with Gasteiger partial charge in [-0.15, -0.1) is 4.36 Å². The van der Waals surface area contributed by atoms with Gasteiger partial charge in [-0.3, -0.25) is 0 Å². The van der Waals surface area contributed by atoms with Crippen molar-refractivity contribution in [1.82, 2.24) is 15.1 Å². The Balaban J connectivity index is 1.47. The number of fused-ring (bicyclic) bond motifs is 3. The van der Waals surface area contributed by atoms with Crippen molar-refractivity contribution < 1.29 is 13.7 Å². The van der Waals surface area contributed by atoms with Crippen molar-refractivity contribution in [2.75, 3.05) is 19.0 Å². The van der Waals surface area contributed by atoms with Crippen LogP contribution in [0, 0.1) is 0 Å². The number of nitrogens with one attached hydrogen (secondary N) is 2. The molecule has 1 atom stereocenters. The molecule has 1 aromatic carbocycles. The number of benzene rings is 1. The number of likely N-dealkylation sites (N-methyl/N-ethyl adjacent to an activating group) is 1. The molecule has 3 aliphatic rings. The summed E-state index contributed by atoms with van der Waals surface area (Å²) in [7, 11) is -1.75. The normalized spacial score (nSPS) is 18.4. The van der Waals surface area contributed by atoms with E-state index < -0.39 is 15.9 Å². The van der Waals surface area contributed by atoms with E-state index in [4.69, 9.17) is 9.88 Å². The lowest BCUT2D eigenvalue weighted by atomic mass is 9.99. The molecule has 0 spiro atoms. The number of nitrogens with zero attached hydrogens (tertiary/aromatic N) is 3. The Kier molecular flexibility index (Phi) is 4.55. The van der Waals surface area contributed by atoms with Gasteiger partial charge >= 0.3 is 6.03 Å². The second-order valence-electron chi connectivity index (χ2n) is 7.78. The number of carbonyl (C=O) groups excluding carboxylic acids is 1. The van der Waals surface area contributed by atoms with E-state index in [1.165, 1.54) is 33.1 Å². The van der Waals surface area contributed by atoms with Crippen LogP contribution in [0.15, 0.2) is 27.2 Å². The zero-order chi connectivity index (χ0) is 20.9. The highest BCUT2D eigenvalue weighted by Gasteiger charge is 2.27. The number of rotatable bonds is 3. The lowest BCUT2D eigenvalue weighted by Gasteiger charge is -2.17. The van der Waals surface area contributed by atoms with E-state index >= 15 is 0 Å². The van der Waals surface area contributed by atoms with E-state index in [9.17, 15) is 9.00 Å². The molecule has 9 nitrogen and oxygen atoms in total. The van der Waals surface area contributed by atoms with Crippen molar-refractivity contribution in [3.05, 3.63) is 40.2 Å². The maximum absolute atomic E-state index is 13.1. The predicted octanol–water partition coefficient (Wildman–Crippen LogP) is 2.20. The van der Waals surface area contributed by atoms with Gasteiger partial charge in [0.15, 0.2) is 9.92 Å². The molecule has 1 aliphatic heterocycles. The van der Waals surface area contributed by atoms with Crippen LogP contribution in [-0.2, 0) is 35.6 Å². The molecule has 0 saturated carbocycles. The van der Waals surface area contributed by atoms with Gasteiger partial charge in [0.05, 0.1) is 18.1 Å². The average Bonchev–Trinajstić information content (AvgIpc) is 3.45. The first-order chi connectivity index (χ1) is 14.5. The van der Waals surface area contributed by atoms with Gasteiger partial charge < -0.3 is 15.4 Å². The summed E-state index contributed by atoms with van der Waals surface area (Å²) in [6.07, 6.45) is 9.12. The van der Waals surface area contributed by atoms with Crippen molar-refractivity contribution in [3.63, 3.8) is 0 Å². The monoisotopic (exact) mass is 428 g/mol. The fourth-order valence-corrected chi connectivity index (χ4v) is 5.49. The minimum absolute atomic E-state index is 0.104. The first-order valence-electron chi connectivity index (χ1n) is 10.1. The van der Waals surface area contributed by atoms with Gasteiger partial charge in [0.1, 0.15) is 11.5 Å². The Labute approximate surface area is 175 Å². The Morgan fingerprint density at radius 2 is 1.93 bits per heavy atom. The number of urea groups is 1. The molecule has 0 saturated heterocycles. The van der Waals surface area contributed by atoms with Crippen LogP contribution in [0.1, 0.15) is 35.1 Å². The Bertz CT molecular complexity index is 1170. The average molecular weight is 429 g/mol. The molecule has 0 bridgehead atoms. The van der Waals surface area contributed by atoms with Crippen molar-refractivity contribution in [3.8, 4) is 5.88 Å². The minimum atomic E-state index is -3.53. The summed E-state index contributed by atoms with van der Waals surface area (Å²) in [5.74, 6) is 0.236.